The van der Waals surface area contributed by atoms with Gasteiger partial charge in [0.05, 0.1) is 17.3 Å². The largest absolute Gasteiger partial charge is 0.338 e. The number of aryl methyl sites for hydroxylation is 2. The molecule has 152 valence electrons. The van der Waals surface area contributed by atoms with Gasteiger partial charge in [-0.15, -0.1) is 10.2 Å². The number of hydrogen-bond acceptors (Lipinski definition) is 4. The highest BCUT2D eigenvalue weighted by atomic mass is 32.2. The van der Waals surface area contributed by atoms with Gasteiger partial charge in [0.15, 0.2) is 10.8 Å². The van der Waals surface area contributed by atoms with Crippen molar-refractivity contribution in [3.05, 3.63) is 71.3 Å². The minimum absolute atomic E-state index is 0.120. The van der Waals surface area contributed by atoms with Crippen LogP contribution in [0, 0.1) is 6.92 Å². The maximum atomic E-state index is 13.0. The molecule has 0 N–H and O–H groups in total. The number of fused-ring (bicyclic) bond motifs is 4. The first kappa shape index (κ1) is 19.1. The summed E-state index contributed by atoms with van der Waals surface area (Å²) in [5.41, 5.74) is 5.72. The standard InChI is InChI=1S/C24H24N4OS/c1-16-14-22-25-26-24(28(22)21-12-6-5-10-18(16)21)30-15-23(29)27(2)20-13-7-9-17-8-3-4-11-19(17)20/h3-6,8,10-12,14,20H,7,9,13,15H2,1-2H3. The lowest BCUT2D eigenvalue weighted by Gasteiger charge is -2.33. The number of carbonyl (C=O) groups is 1. The van der Waals surface area contributed by atoms with E-state index >= 15 is 0 Å². The minimum Gasteiger partial charge on any atom is -0.338 e. The molecule has 0 aliphatic heterocycles. The maximum absolute atomic E-state index is 13.0. The van der Waals surface area contributed by atoms with Gasteiger partial charge in [0.2, 0.25) is 5.91 Å². The van der Waals surface area contributed by atoms with Gasteiger partial charge in [-0.05, 0) is 55.0 Å². The number of thioether (sulfide) groups is 1. The average Bonchev–Trinajstić information content (AvgIpc) is 3.19. The smallest absolute Gasteiger partial charge is 0.233 e. The summed E-state index contributed by atoms with van der Waals surface area (Å²) in [5, 5.41) is 10.6. The Bertz CT molecular complexity index is 1250. The van der Waals surface area contributed by atoms with Crippen LogP contribution in [0.15, 0.2) is 59.8 Å². The Morgan fingerprint density at radius 3 is 2.87 bits per heavy atom. The van der Waals surface area contributed by atoms with Crippen molar-refractivity contribution >= 4 is 34.2 Å². The van der Waals surface area contributed by atoms with Crippen LogP contribution in [0.25, 0.3) is 16.6 Å². The number of aromatic nitrogens is 3. The van der Waals surface area contributed by atoms with E-state index in [1.54, 1.807) is 0 Å². The zero-order chi connectivity index (χ0) is 20.7. The molecule has 1 amide bonds. The Hall–Kier alpha value is -2.86. The third-order valence-electron chi connectivity index (χ3n) is 6.10. The van der Waals surface area contributed by atoms with Crippen LogP contribution in [-0.2, 0) is 11.2 Å². The molecule has 0 radical (unpaired) electrons. The molecular formula is C24H24N4OS. The van der Waals surface area contributed by atoms with E-state index in [4.69, 9.17) is 0 Å². The Kier molecular flexibility index (Phi) is 4.95. The molecule has 6 heteroatoms. The molecule has 1 aliphatic carbocycles. The van der Waals surface area contributed by atoms with Gasteiger partial charge < -0.3 is 4.90 Å². The topological polar surface area (TPSA) is 50.5 Å². The van der Waals surface area contributed by atoms with Crippen LogP contribution in [0.2, 0.25) is 0 Å². The molecule has 0 saturated carbocycles. The van der Waals surface area contributed by atoms with E-state index in [1.807, 2.05) is 30.1 Å². The fourth-order valence-corrected chi connectivity index (χ4v) is 5.38. The molecule has 0 bridgehead atoms. The summed E-state index contributed by atoms with van der Waals surface area (Å²) in [6, 6.07) is 19.0. The second-order valence-corrected chi connectivity index (χ2v) is 8.86. The van der Waals surface area contributed by atoms with Crippen LogP contribution in [0.1, 0.15) is 35.6 Å². The Morgan fingerprint density at radius 2 is 1.97 bits per heavy atom. The van der Waals surface area contributed by atoms with Crippen LogP contribution in [0.3, 0.4) is 0 Å². The molecule has 1 aliphatic rings. The fourth-order valence-electron chi connectivity index (χ4n) is 4.50. The predicted octanol–water partition coefficient (Wildman–Crippen LogP) is 4.82. The van der Waals surface area contributed by atoms with Crippen LogP contribution < -0.4 is 0 Å². The summed E-state index contributed by atoms with van der Waals surface area (Å²) in [6.45, 7) is 2.09. The van der Waals surface area contributed by atoms with Crippen LogP contribution in [0.4, 0.5) is 0 Å². The number of nitrogens with zero attached hydrogens (tertiary/aromatic N) is 4. The lowest BCUT2D eigenvalue weighted by molar-refractivity contribution is -0.129. The Morgan fingerprint density at radius 1 is 1.17 bits per heavy atom. The summed E-state index contributed by atoms with van der Waals surface area (Å²) < 4.78 is 2.05. The predicted molar refractivity (Wildman–Crippen MR) is 121 cm³/mol. The van der Waals surface area contributed by atoms with Crippen molar-refractivity contribution in [3.63, 3.8) is 0 Å². The quantitative estimate of drug-likeness (QED) is 0.448. The van der Waals surface area contributed by atoms with Crippen molar-refractivity contribution in [2.24, 2.45) is 0 Å². The first-order chi connectivity index (χ1) is 14.6. The van der Waals surface area contributed by atoms with Crippen molar-refractivity contribution in [3.8, 4) is 0 Å². The van der Waals surface area contributed by atoms with E-state index in [0.29, 0.717) is 5.75 Å². The van der Waals surface area contributed by atoms with Gasteiger partial charge in [-0.1, -0.05) is 54.2 Å². The number of amides is 1. The van der Waals surface area contributed by atoms with Crippen molar-refractivity contribution in [2.45, 2.75) is 37.4 Å². The summed E-state index contributed by atoms with van der Waals surface area (Å²) in [5.74, 6) is 0.466. The molecule has 5 nitrogen and oxygen atoms in total. The van der Waals surface area contributed by atoms with Gasteiger partial charge in [-0.2, -0.15) is 0 Å². The van der Waals surface area contributed by atoms with Crippen LogP contribution in [0.5, 0.6) is 0 Å². The normalized spacial score (nSPS) is 16.0. The Labute approximate surface area is 180 Å². The number of benzene rings is 2. The third-order valence-corrected chi connectivity index (χ3v) is 7.01. The van der Waals surface area contributed by atoms with E-state index in [1.165, 1.54) is 33.8 Å². The van der Waals surface area contributed by atoms with Crippen LogP contribution >= 0.6 is 11.8 Å². The van der Waals surface area contributed by atoms with Gasteiger partial charge in [-0.25, -0.2) is 0 Å². The molecule has 0 spiro atoms. The van der Waals surface area contributed by atoms with Crippen molar-refractivity contribution < 1.29 is 4.79 Å². The molecule has 1 unspecified atom stereocenters. The first-order valence-electron chi connectivity index (χ1n) is 10.3. The summed E-state index contributed by atoms with van der Waals surface area (Å²) >= 11 is 1.46. The van der Waals surface area contributed by atoms with Crippen molar-refractivity contribution in [2.75, 3.05) is 12.8 Å². The van der Waals surface area contributed by atoms with Crippen molar-refractivity contribution in [1.29, 1.82) is 0 Å². The van der Waals surface area contributed by atoms with Gasteiger partial charge in [-0.3, -0.25) is 9.20 Å². The zero-order valence-electron chi connectivity index (χ0n) is 17.2. The molecule has 2 aromatic heterocycles. The van der Waals surface area contributed by atoms with Gasteiger partial charge in [0.25, 0.3) is 0 Å². The number of para-hydroxylation sites is 1. The highest BCUT2D eigenvalue weighted by molar-refractivity contribution is 7.99. The highest BCUT2D eigenvalue weighted by Crippen LogP contribution is 2.34. The third kappa shape index (κ3) is 3.25. The SMILES string of the molecule is Cc1cc2nnc(SCC(=O)N(C)C3CCCc4ccccc43)n2c2ccccc12. The average molecular weight is 417 g/mol. The molecule has 1 atom stereocenters. The number of rotatable bonds is 4. The van der Waals surface area contributed by atoms with E-state index in [0.717, 1.165) is 35.6 Å². The molecule has 0 saturated heterocycles. The fraction of sp³-hybridized carbons (Fsp3) is 0.292. The van der Waals surface area contributed by atoms with E-state index in [2.05, 4.69) is 57.9 Å². The van der Waals surface area contributed by atoms with Crippen molar-refractivity contribution in [1.82, 2.24) is 19.5 Å². The minimum atomic E-state index is 0.120. The van der Waals surface area contributed by atoms with Gasteiger partial charge >= 0.3 is 0 Å². The second kappa shape index (κ2) is 7.76. The molecule has 0 fully saturated rings. The molecule has 2 heterocycles. The molecule has 4 aromatic rings. The highest BCUT2D eigenvalue weighted by Gasteiger charge is 2.26. The van der Waals surface area contributed by atoms with Gasteiger partial charge in [0, 0.05) is 12.4 Å². The van der Waals surface area contributed by atoms with Crippen LogP contribution in [-0.4, -0.2) is 38.2 Å². The molecular weight excluding hydrogens is 392 g/mol. The summed E-state index contributed by atoms with van der Waals surface area (Å²) in [4.78, 5) is 15.0. The van der Waals surface area contributed by atoms with Gasteiger partial charge in [0.1, 0.15) is 0 Å². The monoisotopic (exact) mass is 416 g/mol. The number of carbonyl (C=O) groups excluding carboxylic acids is 1. The number of pyridine rings is 1. The molecule has 2 aromatic carbocycles. The van der Waals surface area contributed by atoms with E-state index in [9.17, 15) is 4.79 Å². The summed E-state index contributed by atoms with van der Waals surface area (Å²) in [6.07, 6.45) is 3.23. The Balaban J connectivity index is 1.39. The lowest BCUT2D eigenvalue weighted by atomic mass is 9.87. The lowest BCUT2D eigenvalue weighted by Crippen LogP contribution is -2.34. The van der Waals surface area contributed by atoms with E-state index < -0.39 is 0 Å². The van der Waals surface area contributed by atoms with E-state index in [-0.39, 0.29) is 11.9 Å². The second-order valence-electron chi connectivity index (χ2n) is 7.92. The summed E-state index contributed by atoms with van der Waals surface area (Å²) in [7, 11) is 1.93. The molecule has 30 heavy (non-hydrogen) atoms. The zero-order valence-corrected chi connectivity index (χ0v) is 18.0. The number of hydrogen-bond donors (Lipinski definition) is 0. The molecule has 5 rings (SSSR count). The first-order valence-corrected chi connectivity index (χ1v) is 11.3. The maximum Gasteiger partial charge on any atom is 0.233 e.